The number of fused-ring (bicyclic) bond motifs is 1. The van der Waals surface area contributed by atoms with E-state index in [1.54, 1.807) is 0 Å². The molecule has 1 aliphatic heterocycles. The number of hydrogen-bond acceptors (Lipinski definition) is 2. The van der Waals surface area contributed by atoms with Gasteiger partial charge in [-0.05, 0) is 40.7 Å². The zero-order valence-corrected chi connectivity index (χ0v) is 14.7. The maximum absolute atomic E-state index is 13.0. The first kappa shape index (κ1) is 16.6. The van der Waals surface area contributed by atoms with Gasteiger partial charge in [0.25, 0.3) is 5.91 Å². The molecule has 0 saturated carbocycles. The van der Waals surface area contributed by atoms with E-state index in [1.165, 1.54) is 11.1 Å². The van der Waals surface area contributed by atoms with E-state index in [-0.39, 0.29) is 11.7 Å². The number of phenols is 1. The maximum atomic E-state index is 13.0. The molecule has 0 radical (unpaired) electrons. The molecule has 0 aliphatic carbocycles. The standard InChI is InChI=1S/C21H25NO2/c1-4-7-15-10-18(14(2)3)11-19(20(15)23)21(24)22-12-16-8-5-6-9-17(16)13-22/h5-6,8-11,14,23H,4,7,12-13H2,1-3H3. The van der Waals surface area contributed by atoms with Gasteiger partial charge in [0.2, 0.25) is 0 Å². The first-order chi connectivity index (χ1) is 11.5. The number of aryl methyl sites for hydroxylation is 1. The van der Waals surface area contributed by atoms with Gasteiger partial charge in [0, 0.05) is 13.1 Å². The summed E-state index contributed by atoms with van der Waals surface area (Å²) >= 11 is 0. The summed E-state index contributed by atoms with van der Waals surface area (Å²) in [4.78, 5) is 14.9. The molecular formula is C21H25NO2. The molecule has 0 saturated heterocycles. The SMILES string of the molecule is CCCc1cc(C(C)C)cc(C(=O)N2Cc3ccccc3C2)c1O. The number of carbonyl (C=O) groups excluding carboxylic acids is 1. The highest BCUT2D eigenvalue weighted by molar-refractivity contribution is 5.97. The quantitative estimate of drug-likeness (QED) is 0.891. The van der Waals surface area contributed by atoms with Crippen molar-refractivity contribution in [1.82, 2.24) is 4.90 Å². The molecule has 3 heteroatoms. The summed E-state index contributed by atoms with van der Waals surface area (Å²) in [6.07, 6.45) is 1.73. The van der Waals surface area contributed by atoms with Crippen molar-refractivity contribution in [1.29, 1.82) is 0 Å². The average molecular weight is 323 g/mol. The molecular weight excluding hydrogens is 298 g/mol. The van der Waals surface area contributed by atoms with E-state index in [1.807, 2.05) is 29.2 Å². The van der Waals surface area contributed by atoms with Crippen molar-refractivity contribution >= 4 is 5.91 Å². The number of phenolic OH excluding ortho intramolecular Hbond substituents is 1. The zero-order valence-electron chi connectivity index (χ0n) is 14.7. The second kappa shape index (κ2) is 6.68. The van der Waals surface area contributed by atoms with Crippen LogP contribution in [0.5, 0.6) is 5.75 Å². The maximum Gasteiger partial charge on any atom is 0.258 e. The summed E-state index contributed by atoms with van der Waals surface area (Å²) in [5.74, 6) is 0.397. The van der Waals surface area contributed by atoms with Crippen LogP contribution in [0.3, 0.4) is 0 Å². The van der Waals surface area contributed by atoms with Crippen LogP contribution in [0.2, 0.25) is 0 Å². The highest BCUT2D eigenvalue weighted by Crippen LogP contribution is 2.32. The van der Waals surface area contributed by atoms with Crippen molar-refractivity contribution in [2.75, 3.05) is 0 Å². The predicted molar refractivity (Wildman–Crippen MR) is 96.2 cm³/mol. The van der Waals surface area contributed by atoms with Crippen LogP contribution in [0.15, 0.2) is 36.4 Å². The largest absolute Gasteiger partial charge is 0.507 e. The van der Waals surface area contributed by atoms with E-state index in [4.69, 9.17) is 0 Å². The van der Waals surface area contributed by atoms with Crippen molar-refractivity contribution in [3.05, 3.63) is 64.2 Å². The van der Waals surface area contributed by atoms with Crippen molar-refractivity contribution < 1.29 is 9.90 Å². The van der Waals surface area contributed by atoms with Crippen LogP contribution in [0.4, 0.5) is 0 Å². The average Bonchev–Trinajstić information content (AvgIpc) is 3.00. The van der Waals surface area contributed by atoms with Crippen molar-refractivity contribution in [2.45, 2.75) is 52.6 Å². The van der Waals surface area contributed by atoms with Gasteiger partial charge in [-0.3, -0.25) is 4.79 Å². The lowest BCUT2D eigenvalue weighted by atomic mass is 9.94. The predicted octanol–water partition coefficient (Wildman–Crippen LogP) is 4.62. The number of hydrogen-bond donors (Lipinski definition) is 1. The highest BCUT2D eigenvalue weighted by atomic mass is 16.3. The van der Waals surface area contributed by atoms with Gasteiger partial charge in [-0.25, -0.2) is 0 Å². The fourth-order valence-corrected chi connectivity index (χ4v) is 3.32. The number of amides is 1. The lowest BCUT2D eigenvalue weighted by molar-refractivity contribution is 0.0748. The number of rotatable bonds is 4. The molecule has 0 spiro atoms. The summed E-state index contributed by atoms with van der Waals surface area (Å²) in [7, 11) is 0. The van der Waals surface area contributed by atoms with Gasteiger partial charge in [-0.15, -0.1) is 0 Å². The molecule has 1 N–H and O–H groups in total. The number of nitrogens with zero attached hydrogens (tertiary/aromatic N) is 1. The normalized spacial score (nSPS) is 13.4. The summed E-state index contributed by atoms with van der Waals surface area (Å²) in [6, 6.07) is 12.0. The topological polar surface area (TPSA) is 40.5 Å². The van der Waals surface area contributed by atoms with Crippen LogP contribution in [0.1, 0.15) is 65.7 Å². The second-order valence-electron chi connectivity index (χ2n) is 6.91. The molecule has 2 aromatic carbocycles. The van der Waals surface area contributed by atoms with Crippen molar-refractivity contribution in [3.8, 4) is 5.75 Å². The Morgan fingerprint density at radius 2 is 1.79 bits per heavy atom. The van der Waals surface area contributed by atoms with E-state index in [2.05, 4.69) is 32.9 Å². The third-order valence-electron chi connectivity index (χ3n) is 4.76. The number of benzene rings is 2. The minimum atomic E-state index is -0.0800. The molecule has 0 fully saturated rings. The lowest BCUT2D eigenvalue weighted by Crippen LogP contribution is -2.25. The van der Waals surface area contributed by atoms with Crippen molar-refractivity contribution in [2.24, 2.45) is 0 Å². The first-order valence-corrected chi connectivity index (χ1v) is 8.73. The molecule has 1 amide bonds. The van der Waals surface area contributed by atoms with Gasteiger partial charge in [0.05, 0.1) is 5.56 Å². The van der Waals surface area contributed by atoms with Gasteiger partial charge >= 0.3 is 0 Å². The Morgan fingerprint density at radius 3 is 2.33 bits per heavy atom. The Kier molecular flexibility index (Phi) is 4.61. The Hall–Kier alpha value is -2.29. The van der Waals surface area contributed by atoms with Gasteiger partial charge < -0.3 is 10.0 Å². The van der Waals surface area contributed by atoms with Crippen LogP contribution < -0.4 is 0 Å². The lowest BCUT2D eigenvalue weighted by Gasteiger charge is -2.19. The molecule has 1 aliphatic rings. The fraction of sp³-hybridized carbons (Fsp3) is 0.381. The highest BCUT2D eigenvalue weighted by Gasteiger charge is 2.27. The molecule has 2 aromatic rings. The van der Waals surface area contributed by atoms with E-state index < -0.39 is 0 Å². The van der Waals surface area contributed by atoms with E-state index in [9.17, 15) is 9.90 Å². The molecule has 0 aromatic heterocycles. The number of carbonyl (C=O) groups is 1. The van der Waals surface area contributed by atoms with Crippen LogP contribution in [0, 0.1) is 0 Å². The molecule has 1 heterocycles. The van der Waals surface area contributed by atoms with Gasteiger partial charge in [0.15, 0.2) is 0 Å². The van der Waals surface area contributed by atoms with E-state index in [0.29, 0.717) is 24.6 Å². The monoisotopic (exact) mass is 323 g/mol. The van der Waals surface area contributed by atoms with Gasteiger partial charge in [0.1, 0.15) is 5.75 Å². The third kappa shape index (κ3) is 3.03. The summed E-state index contributed by atoms with van der Waals surface area (Å²) in [5, 5.41) is 10.6. The van der Waals surface area contributed by atoms with Gasteiger partial charge in [-0.1, -0.05) is 57.5 Å². The van der Waals surface area contributed by atoms with Crippen LogP contribution >= 0.6 is 0 Å². The summed E-state index contributed by atoms with van der Waals surface area (Å²) in [6.45, 7) is 7.54. The van der Waals surface area contributed by atoms with E-state index >= 15 is 0 Å². The Morgan fingerprint density at radius 1 is 1.17 bits per heavy atom. The molecule has 126 valence electrons. The molecule has 0 unspecified atom stereocenters. The minimum absolute atomic E-state index is 0.0800. The fourth-order valence-electron chi connectivity index (χ4n) is 3.32. The van der Waals surface area contributed by atoms with Crippen molar-refractivity contribution in [3.63, 3.8) is 0 Å². The molecule has 3 rings (SSSR count). The van der Waals surface area contributed by atoms with Crippen LogP contribution in [-0.4, -0.2) is 15.9 Å². The number of aromatic hydroxyl groups is 1. The molecule has 24 heavy (non-hydrogen) atoms. The van der Waals surface area contributed by atoms with E-state index in [0.717, 1.165) is 24.0 Å². The Labute approximate surface area is 143 Å². The molecule has 3 nitrogen and oxygen atoms in total. The summed E-state index contributed by atoms with van der Waals surface area (Å²) < 4.78 is 0. The zero-order chi connectivity index (χ0) is 17.3. The Balaban J connectivity index is 1.95. The molecule has 0 atom stereocenters. The van der Waals surface area contributed by atoms with Crippen LogP contribution in [0.25, 0.3) is 0 Å². The van der Waals surface area contributed by atoms with Gasteiger partial charge in [-0.2, -0.15) is 0 Å². The molecule has 0 bridgehead atoms. The minimum Gasteiger partial charge on any atom is -0.507 e. The third-order valence-corrected chi connectivity index (χ3v) is 4.76. The smallest absolute Gasteiger partial charge is 0.258 e. The van der Waals surface area contributed by atoms with Crippen LogP contribution in [-0.2, 0) is 19.5 Å². The first-order valence-electron chi connectivity index (χ1n) is 8.73. The Bertz CT molecular complexity index is 739. The summed E-state index contributed by atoms with van der Waals surface area (Å²) in [5.41, 5.74) is 4.82. The second-order valence-corrected chi connectivity index (χ2v) is 6.91.